The number of aliphatic imine (C=N–C) groups is 1. The summed E-state index contributed by atoms with van der Waals surface area (Å²) in [5.41, 5.74) is 9.18. The van der Waals surface area contributed by atoms with Crippen LogP contribution in [0.25, 0.3) is 0 Å². The summed E-state index contributed by atoms with van der Waals surface area (Å²) in [7, 11) is 1.80. The molecule has 4 aliphatic rings. The molecule has 10 heteroatoms. The van der Waals surface area contributed by atoms with Crippen LogP contribution in [0.3, 0.4) is 0 Å². The summed E-state index contributed by atoms with van der Waals surface area (Å²) < 4.78 is 37.4. The van der Waals surface area contributed by atoms with Crippen LogP contribution in [-0.2, 0) is 32.7 Å². The van der Waals surface area contributed by atoms with Crippen molar-refractivity contribution in [2.45, 2.75) is 108 Å². The Hall–Kier alpha value is -2.62. The van der Waals surface area contributed by atoms with E-state index in [2.05, 4.69) is 18.2 Å². The van der Waals surface area contributed by atoms with Crippen LogP contribution in [0.2, 0.25) is 0 Å². The van der Waals surface area contributed by atoms with E-state index < -0.39 is 17.7 Å². The fraction of sp³-hybridized carbons (Fsp3) is 0.690. The van der Waals surface area contributed by atoms with Gasteiger partial charge in [-0.15, -0.1) is 0 Å². The average Bonchev–Trinajstić information content (AvgIpc) is 3.30. The van der Waals surface area contributed by atoms with Crippen molar-refractivity contribution in [1.29, 1.82) is 0 Å². The Labute approximate surface area is 228 Å². The van der Waals surface area contributed by atoms with E-state index in [1.54, 1.807) is 12.0 Å². The number of carbonyl (C=O) groups is 2. The van der Waals surface area contributed by atoms with Crippen LogP contribution in [-0.4, -0.2) is 53.3 Å². The van der Waals surface area contributed by atoms with Gasteiger partial charge in [0, 0.05) is 18.6 Å². The molecule has 1 unspecified atom stereocenters. The second-order valence-electron chi connectivity index (χ2n) is 11.8. The first kappa shape index (κ1) is 29.4. The van der Waals surface area contributed by atoms with E-state index in [1.165, 1.54) is 43.2 Å². The van der Waals surface area contributed by atoms with Crippen molar-refractivity contribution in [3.8, 4) is 0 Å². The highest BCUT2D eigenvalue weighted by Crippen LogP contribution is 2.62. The molecular weight excluding hydrogens is 511 g/mol. The predicted octanol–water partition coefficient (Wildman–Crippen LogP) is 5.33. The Morgan fingerprint density at radius 3 is 2.31 bits per heavy atom. The average molecular weight is 552 g/mol. The summed E-state index contributed by atoms with van der Waals surface area (Å²) in [6.45, 7) is 4.06. The number of ether oxygens (including phenoxy) is 1. The number of fused-ring (bicyclic) bond motifs is 3. The number of guanidine groups is 1. The number of carboxylic acids is 1. The van der Waals surface area contributed by atoms with Crippen molar-refractivity contribution in [2.75, 3.05) is 7.11 Å². The number of amides is 1. The third-order valence-corrected chi connectivity index (χ3v) is 9.15. The quantitative estimate of drug-likeness (QED) is 0.526. The molecule has 1 heterocycles. The van der Waals surface area contributed by atoms with Crippen molar-refractivity contribution in [1.82, 2.24) is 4.90 Å². The van der Waals surface area contributed by atoms with Gasteiger partial charge >= 0.3 is 12.1 Å². The van der Waals surface area contributed by atoms with Gasteiger partial charge in [-0.1, -0.05) is 50.3 Å². The molecule has 2 spiro atoms. The number of carboxylic acid groups (broad SMARTS) is 1. The zero-order valence-corrected chi connectivity index (χ0v) is 23.0. The van der Waals surface area contributed by atoms with Crippen LogP contribution in [0.15, 0.2) is 23.2 Å². The minimum absolute atomic E-state index is 0.00691. The lowest BCUT2D eigenvalue weighted by molar-refractivity contribution is -0.192. The number of methoxy groups -OCH3 is 1. The molecule has 5 rings (SSSR count). The number of benzene rings is 1. The normalized spacial score (nSPS) is 29.0. The molecule has 1 atom stereocenters. The van der Waals surface area contributed by atoms with E-state index in [1.807, 2.05) is 13.8 Å². The number of alkyl halides is 3. The lowest BCUT2D eigenvalue weighted by Gasteiger charge is -2.45. The van der Waals surface area contributed by atoms with Gasteiger partial charge in [-0.25, -0.2) is 9.79 Å². The Morgan fingerprint density at radius 2 is 1.79 bits per heavy atom. The van der Waals surface area contributed by atoms with Crippen molar-refractivity contribution < 1.29 is 32.6 Å². The molecule has 1 aliphatic heterocycles. The third-order valence-electron chi connectivity index (χ3n) is 9.15. The summed E-state index contributed by atoms with van der Waals surface area (Å²) in [4.78, 5) is 29.9. The summed E-state index contributed by atoms with van der Waals surface area (Å²) >= 11 is 0. The number of hydrogen-bond donors (Lipinski definition) is 2. The van der Waals surface area contributed by atoms with Gasteiger partial charge in [-0.05, 0) is 75.0 Å². The molecule has 0 bridgehead atoms. The lowest BCUT2D eigenvalue weighted by atomic mass is 9.61. The van der Waals surface area contributed by atoms with E-state index in [4.69, 9.17) is 25.4 Å². The highest BCUT2D eigenvalue weighted by atomic mass is 19.4. The molecule has 0 saturated heterocycles. The van der Waals surface area contributed by atoms with Gasteiger partial charge < -0.3 is 15.6 Å². The molecule has 2 saturated carbocycles. The lowest BCUT2D eigenvalue weighted by Crippen LogP contribution is -2.53. The van der Waals surface area contributed by atoms with Crippen LogP contribution >= 0.6 is 0 Å². The number of hydrogen-bond acceptors (Lipinski definition) is 5. The van der Waals surface area contributed by atoms with Crippen molar-refractivity contribution in [3.05, 3.63) is 34.9 Å². The maximum Gasteiger partial charge on any atom is 0.490 e. The molecule has 7 nitrogen and oxygen atoms in total. The minimum atomic E-state index is -5.08. The fourth-order valence-corrected chi connectivity index (χ4v) is 7.23. The number of halogens is 3. The van der Waals surface area contributed by atoms with E-state index in [0.717, 1.165) is 50.0 Å². The Bertz CT molecular complexity index is 1110. The van der Waals surface area contributed by atoms with E-state index >= 15 is 0 Å². The van der Waals surface area contributed by atoms with Gasteiger partial charge in [0.2, 0.25) is 0 Å². The molecule has 216 valence electrons. The molecular formula is C29H40F3N3O4. The Balaban J connectivity index is 0.000000448. The zero-order chi connectivity index (χ0) is 28.6. The van der Waals surface area contributed by atoms with Crippen LogP contribution in [0.5, 0.6) is 0 Å². The molecule has 0 radical (unpaired) electrons. The summed E-state index contributed by atoms with van der Waals surface area (Å²) in [6.07, 6.45) is 7.82. The predicted molar refractivity (Wildman–Crippen MR) is 141 cm³/mol. The Kier molecular flexibility index (Phi) is 8.36. The smallest absolute Gasteiger partial charge is 0.475 e. The highest BCUT2D eigenvalue weighted by Gasteiger charge is 2.66. The van der Waals surface area contributed by atoms with Crippen LogP contribution < -0.4 is 5.73 Å². The second kappa shape index (κ2) is 11.1. The van der Waals surface area contributed by atoms with E-state index in [0.29, 0.717) is 5.96 Å². The second-order valence-corrected chi connectivity index (χ2v) is 11.8. The number of carbonyl (C=O) groups excluding carboxylic acids is 1. The summed E-state index contributed by atoms with van der Waals surface area (Å²) in [5, 5.41) is 7.12. The molecule has 1 aromatic carbocycles. The fourth-order valence-electron chi connectivity index (χ4n) is 7.23. The monoisotopic (exact) mass is 551 g/mol. The van der Waals surface area contributed by atoms with Gasteiger partial charge in [0.25, 0.3) is 5.91 Å². The highest BCUT2D eigenvalue weighted by molar-refractivity contribution is 6.08. The first-order valence-corrected chi connectivity index (χ1v) is 14.0. The van der Waals surface area contributed by atoms with Crippen LogP contribution in [0, 0.1) is 11.3 Å². The molecule has 3 N–H and O–H groups in total. The van der Waals surface area contributed by atoms with Crippen LogP contribution in [0.4, 0.5) is 13.2 Å². The first-order chi connectivity index (χ1) is 18.3. The minimum Gasteiger partial charge on any atom is -0.475 e. The van der Waals surface area contributed by atoms with Gasteiger partial charge in [0.15, 0.2) is 11.5 Å². The van der Waals surface area contributed by atoms with E-state index in [-0.39, 0.29) is 23.5 Å². The molecule has 1 aromatic rings. The van der Waals surface area contributed by atoms with Crippen LogP contribution in [0.1, 0.15) is 88.3 Å². The maximum absolute atomic E-state index is 14.2. The SMILES string of the molecule is COC1CCC2(CC1)Cc1ccc(CC3CCCCC3)cc1C21N=C(N)N(C(C)C)C1=O.O=C(O)C(F)(F)F. The maximum atomic E-state index is 14.2. The molecule has 0 aromatic heterocycles. The summed E-state index contributed by atoms with van der Waals surface area (Å²) in [6, 6.07) is 6.95. The molecule has 1 amide bonds. The third kappa shape index (κ3) is 5.41. The van der Waals surface area contributed by atoms with Gasteiger partial charge in [0.1, 0.15) is 0 Å². The number of rotatable bonds is 4. The zero-order valence-electron chi connectivity index (χ0n) is 23.0. The number of nitrogens with two attached hydrogens (primary N) is 1. The standard InChI is InChI=1S/C27H39N3O2.C2HF3O2/c1-18(2)30-24(31)27(29-25(30)28)23-16-20(15-19-7-5-4-6-8-19)9-10-21(23)17-26(27)13-11-22(32-3)12-14-26;3-2(4,5)1(6)7/h9-10,16,18-19,22H,4-8,11-15,17H2,1-3H3,(H2,28,29);(H,6,7). The van der Waals surface area contributed by atoms with Crippen molar-refractivity contribution in [2.24, 2.45) is 22.1 Å². The molecule has 39 heavy (non-hydrogen) atoms. The number of aliphatic carboxylic acids is 1. The Morgan fingerprint density at radius 1 is 1.18 bits per heavy atom. The topological polar surface area (TPSA) is 105 Å². The van der Waals surface area contributed by atoms with Gasteiger partial charge in [-0.2, -0.15) is 13.2 Å². The van der Waals surface area contributed by atoms with Crippen molar-refractivity contribution >= 4 is 17.8 Å². The van der Waals surface area contributed by atoms with Gasteiger partial charge in [0.05, 0.1) is 6.10 Å². The number of nitrogens with zero attached hydrogens (tertiary/aromatic N) is 2. The molecule has 2 fully saturated rings. The first-order valence-electron chi connectivity index (χ1n) is 14.0. The molecule has 3 aliphatic carbocycles. The summed E-state index contributed by atoms with van der Waals surface area (Å²) in [5.74, 6) is -1.50. The van der Waals surface area contributed by atoms with E-state index in [9.17, 15) is 18.0 Å². The van der Waals surface area contributed by atoms with Crippen molar-refractivity contribution in [3.63, 3.8) is 0 Å². The largest absolute Gasteiger partial charge is 0.490 e. The van der Waals surface area contributed by atoms with Gasteiger partial charge in [-0.3, -0.25) is 9.69 Å².